The first-order valence-corrected chi connectivity index (χ1v) is 7.33. The minimum atomic E-state index is -4.51. The summed E-state index contributed by atoms with van der Waals surface area (Å²) in [6, 6.07) is 10.7. The zero-order valence-corrected chi connectivity index (χ0v) is 12.6. The predicted octanol–water partition coefficient (Wildman–Crippen LogP) is 3.87. The van der Waals surface area contributed by atoms with Crippen molar-refractivity contribution >= 4 is 5.65 Å². The molecule has 4 aromatic heterocycles. The maximum atomic E-state index is 12.9. The molecule has 0 aromatic carbocycles. The molecule has 5 nitrogen and oxygen atoms in total. The Labute approximate surface area is 139 Å². The molecule has 0 saturated carbocycles. The van der Waals surface area contributed by atoms with E-state index in [1.54, 1.807) is 41.2 Å². The summed E-state index contributed by atoms with van der Waals surface area (Å²) in [7, 11) is 0. The van der Waals surface area contributed by atoms with Crippen LogP contribution in [0, 0.1) is 0 Å². The molecule has 124 valence electrons. The Morgan fingerprint density at radius 1 is 0.840 bits per heavy atom. The zero-order valence-electron chi connectivity index (χ0n) is 12.6. The Bertz CT molecular complexity index is 1060. The van der Waals surface area contributed by atoms with Gasteiger partial charge in [-0.25, -0.2) is 14.5 Å². The van der Waals surface area contributed by atoms with Gasteiger partial charge in [-0.2, -0.15) is 18.3 Å². The van der Waals surface area contributed by atoms with Gasteiger partial charge in [-0.15, -0.1) is 0 Å². The Kier molecular flexibility index (Phi) is 3.45. The molecule has 0 aliphatic rings. The molecule has 0 radical (unpaired) electrons. The number of pyridine rings is 2. The largest absolute Gasteiger partial charge is 0.433 e. The van der Waals surface area contributed by atoms with Gasteiger partial charge in [0.25, 0.3) is 0 Å². The molecule has 0 aliphatic heterocycles. The van der Waals surface area contributed by atoms with Gasteiger partial charge < -0.3 is 0 Å². The van der Waals surface area contributed by atoms with Crippen LogP contribution in [0.4, 0.5) is 13.2 Å². The summed E-state index contributed by atoms with van der Waals surface area (Å²) in [6.07, 6.45) is 0.344. The van der Waals surface area contributed by atoms with Crippen molar-refractivity contribution in [1.82, 2.24) is 24.6 Å². The summed E-state index contributed by atoms with van der Waals surface area (Å²) in [5, 5.41) is 4.07. The third-order valence-corrected chi connectivity index (χ3v) is 3.62. The topological polar surface area (TPSA) is 56.0 Å². The van der Waals surface area contributed by atoms with Crippen LogP contribution in [0.3, 0.4) is 0 Å². The first-order chi connectivity index (χ1) is 12.0. The van der Waals surface area contributed by atoms with Gasteiger partial charge in [0.15, 0.2) is 5.65 Å². The molecule has 4 rings (SSSR count). The lowest BCUT2D eigenvalue weighted by molar-refractivity contribution is -0.141. The Morgan fingerprint density at radius 2 is 1.72 bits per heavy atom. The van der Waals surface area contributed by atoms with E-state index in [0.717, 1.165) is 6.07 Å². The van der Waals surface area contributed by atoms with Crippen LogP contribution in [-0.2, 0) is 6.18 Å². The van der Waals surface area contributed by atoms with Crippen LogP contribution in [0.5, 0.6) is 0 Å². The minimum absolute atomic E-state index is 0.139. The van der Waals surface area contributed by atoms with Gasteiger partial charge in [0.05, 0.1) is 23.3 Å². The Morgan fingerprint density at radius 3 is 2.56 bits per heavy atom. The normalized spacial score (nSPS) is 11.8. The highest BCUT2D eigenvalue weighted by Gasteiger charge is 2.32. The van der Waals surface area contributed by atoms with Crippen molar-refractivity contribution in [3.8, 4) is 22.6 Å². The van der Waals surface area contributed by atoms with E-state index in [-0.39, 0.29) is 5.69 Å². The van der Waals surface area contributed by atoms with Gasteiger partial charge in [-0.05, 0) is 30.3 Å². The molecule has 25 heavy (non-hydrogen) atoms. The van der Waals surface area contributed by atoms with E-state index >= 15 is 0 Å². The molecule has 0 bridgehead atoms. The summed E-state index contributed by atoms with van der Waals surface area (Å²) >= 11 is 0. The zero-order chi connectivity index (χ0) is 17.4. The fourth-order valence-electron chi connectivity index (χ4n) is 2.50. The molecule has 4 heterocycles. The SMILES string of the molecule is FC(F)(F)c1cccc(-c2ncccc2-c2ccn3nccc3n2)n1. The highest BCUT2D eigenvalue weighted by atomic mass is 19.4. The summed E-state index contributed by atoms with van der Waals surface area (Å²) in [4.78, 5) is 12.4. The standard InChI is InChI=1S/C17H10F3N5/c18-17(19,20)14-5-1-4-13(23-14)16-11(3-2-8-21-16)12-7-10-25-15(24-12)6-9-22-25/h1-10H. The number of halogens is 3. The predicted molar refractivity (Wildman–Crippen MR) is 84.5 cm³/mol. The number of hydrogen-bond donors (Lipinski definition) is 0. The summed E-state index contributed by atoms with van der Waals surface area (Å²) < 4.78 is 40.4. The smallest absolute Gasteiger partial charge is 0.254 e. The molecule has 4 aromatic rings. The number of fused-ring (bicyclic) bond motifs is 1. The molecule has 0 aliphatic carbocycles. The van der Waals surface area contributed by atoms with Gasteiger partial charge in [0.1, 0.15) is 5.69 Å². The number of hydrogen-bond acceptors (Lipinski definition) is 4. The summed E-state index contributed by atoms with van der Waals surface area (Å²) in [5.74, 6) is 0. The molecule has 0 spiro atoms. The highest BCUT2D eigenvalue weighted by Crippen LogP contribution is 2.32. The van der Waals surface area contributed by atoms with Crippen molar-refractivity contribution < 1.29 is 13.2 Å². The van der Waals surface area contributed by atoms with Crippen molar-refractivity contribution in [3.63, 3.8) is 0 Å². The number of aromatic nitrogens is 5. The third-order valence-electron chi connectivity index (χ3n) is 3.62. The second-order valence-corrected chi connectivity index (χ2v) is 5.25. The van der Waals surface area contributed by atoms with Crippen molar-refractivity contribution in [2.45, 2.75) is 6.18 Å². The van der Waals surface area contributed by atoms with Crippen molar-refractivity contribution in [3.05, 3.63) is 66.7 Å². The molecular formula is C17H10F3N5. The molecule has 0 amide bonds. The minimum Gasteiger partial charge on any atom is -0.254 e. The molecule has 0 unspecified atom stereocenters. The lowest BCUT2D eigenvalue weighted by atomic mass is 10.1. The maximum Gasteiger partial charge on any atom is 0.433 e. The number of alkyl halides is 3. The van der Waals surface area contributed by atoms with E-state index in [1.165, 1.54) is 18.3 Å². The fraction of sp³-hybridized carbons (Fsp3) is 0.0588. The van der Waals surface area contributed by atoms with E-state index in [4.69, 9.17) is 0 Å². The van der Waals surface area contributed by atoms with Gasteiger partial charge in [0, 0.05) is 24.0 Å². The quantitative estimate of drug-likeness (QED) is 0.555. The average Bonchev–Trinajstić information content (AvgIpc) is 3.09. The molecule has 0 saturated heterocycles. The van der Waals surface area contributed by atoms with E-state index in [2.05, 4.69) is 20.1 Å². The fourth-order valence-corrected chi connectivity index (χ4v) is 2.50. The summed E-state index contributed by atoms with van der Waals surface area (Å²) in [6.45, 7) is 0. The third kappa shape index (κ3) is 2.82. The second kappa shape index (κ2) is 5.66. The van der Waals surface area contributed by atoms with Gasteiger partial charge in [0.2, 0.25) is 0 Å². The first-order valence-electron chi connectivity index (χ1n) is 7.33. The van der Waals surface area contributed by atoms with E-state index in [9.17, 15) is 13.2 Å². The van der Waals surface area contributed by atoms with E-state index < -0.39 is 11.9 Å². The van der Waals surface area contributed by atoms with Crippen molar-refractivity contribution in [2.75, 3.05) is 0 Å². The highest BCUT2D eigenvalue weighted by molar-refractivity contribution is 5.77. The number of rotatable bonds is 2. The average molecular weight is 341 g/mol. The van der Waals surface area contributed by atoms with Crippen LogP contribution >= 0.6 is 0 Å². The molecule has 0 atom stereocenters. The van der Waals surface area contributed by atoms with Gasteiger partial charge in [-0.1, -0.05) is 6.07 Å². The molecule has 8 heteroatoms. The first kappa shape index (κ1) is 15.3. The molecular weight excluding hydrogens is 331 g/mol. The van der Waals surface area contributed by atoms with Crippen molar-refractivity contribution in [2.24, 2.45) is 0 Å². The van der Waals surface area contributed by atoms with E-state index in [1.807, 2.05) is 0 Å². The Hall–Kier alpha value is -3.29. The van der Waals surface area contributed by atoms with Gasteiger partial charge in [-0.3, -0.25) is 4.98 Å². The second-order valence-electron chi connectivity index (χ2n) is 5.25. The van der Waals surface area contributed by atoms with E-state index in [0.29, 0.717) is 22.6 Å². The van der Waals surface area contributed by atoms with Crippen LogP contribution < -0.4 is 0 Å². The maximum absolute atomic E-state index is 12.9. The van der Waals surface area contributed by atoms with Crippen LogP contribution in [0.15, 0.2) is 61.1 Å². The lowest BCUT2D eigenvalue weighted by Crippen LogP contribution is -2.08. The number of nitrogens with zero attached hydrogens (tertiary/aromatic N) is 5. The van der Waals surface area contributed by atoms with Crippen LogP contribution in [-0.4, -0.2) is 24.6 Å². The van der Waals surface area contributed by atoms with Crippen LogP contribution in [0.25, 0.3) is 28.3 Å². The molecule has 0 fully saturated rings. The summed E-state index contributed by atoms with van der Waals surface area (Å²) in [5.41, 5.74) is 1.32. The lowest BCUT2D eigenvalue weighted by Gasteiger charge is -2.10. The Balaban J connectivity index is 1.87. The van der Waals surface area contributed by atoms with Crippen LogP contribution in [0.1, 0.15) is 5.69 Å². The monoisotopic (exact) mass is 341 g/mol. The van der Waals surface area contributed by atoms with Crippen molar-refractivity contribution in [1.29, 1.82) is 0 Å². The van der Waals surface area contributed by atoms with Gasteiger partial charge >= 0.3 is 6.18 Å². The van der Waals surface area contributed by atoms with Crippen LogP contribution in [0.2, 0.25) is 0 Å². The molecule has 0 N–H and O–H groups in total.